The average molecular weight is 393 g/mol. The molecule has 0 amide bonds. The maximum absolute atomic E-state index is 13.2. The first kappa shape index (κ1) is 20.6. The summed E-state index contributed by atoms with van der Waals surface area (Å²) in [5.74, 6) is 0.0137. The number of methoxy groups -OCH3 is 3. The second-order valence-corrected chi connectivity index (χ2v) is 7.49. The van der Waals surface area contributed by atoms with Crippen LogP contribution < -0.4 is 13.8 Å². The second kappa shape index (κ2) is 8.77. The van der Waals surface area contributed by atoms with Gasteiger partial charge in [-0.25, -0.2) is 8.42 Å². The van der Waals surface area contributed by atoms with Gasteiger partial charge in [0.1, 0.15) is 6.54 Å². The molecule has 0 heterocycles. The van der Waals surface area contributed by atoms with E-state index in [1.807, 2.05) is 19.1 Å². The number of sulfonamides is 1. The van der Waals surface area contributed by atoms with Crippen molar-refractivity contribution in [2.24, 2.45) is 0 Å². The zero-order valence-electron chi connectivity index (χ0n) is 15.8. The first-order valence-corrected chi connectivity index (χ1v) is 9.71. The van der Waals surface area contributed by atoms with Gasteiger partial charge in [-0.15, -0.1) is 0 Å². The van der Waals surface area contributed by atoms with Gasteiger partial charge in [-0.05, 0) is 36.2 Å². The number of rotatable bonds is 8. The molecule has 0 fully saturated rings. The molecule has 0 aliphatic heterocycles. The normalized spacial score (nSPS) is 11.0. The lowest BCUT2D eigenvalue weighted by Gasteiger charge is -2.24. The largest absolute Gasteiger partial charge is 0.493 e. The second-order valence-electron chi connectivity index (χ2n) is 5.62. The number of hydrogen-bond acceptors (Lipinski definition) is 6. The quantitative estimate of drug-likeness (QED) is 0.641. The molecule has 7 nitrogen and oxygen atoms in total. The van der Waals surface area contributed by atoms with Crippen molar-refractivity contribution in [2.75, 3.05) is 32.2 Å². The van der Waals surface area contributed by atoms with E-state index in [1.165, 1.54) is 39.5 Å². The van der Waals surface area contributed by atoms with Crippen molar-refractivity contribution >= 4 is 21.7 Å². The molecule has 0 spiro atoms. The third-order valence-corrected chi connectivity index (χ3v) is 5.85. The lowest BCUT2D eigenvalue weighted by molar-refractivity contribution is -0.138. The minimum Gasteiger partial charge on any atom is -0.493 e. The number of esters is 1. The molecular formula is C19H23NO6S. The predicted octanol–water partition coefficient (Wildman–Crippen LogP) is 2.63. The van der Waals surface area contributed by atoms with Gasteiger partial charge in [0.2, 0.25) is 0 Å². The number of nitrogens with zero attached hydrogens (tertiary/aromatic N) is 1. The van der Waals surface area contributed by atoms with Gasteiger partial charge in [0, 0.05) is 6.07 Å². The fourth-order valence-electron chi connectivity index (χ4n) is 2.50. The molecular weight excluding hydrogens is 370 g/mol. The van der Waals surface area contributed by atoms with Crippen molar-refractivity contribution in [3.05, 3.63) is 48.0 Å². The Morgan fingerprint density at radius 1 is 0.963 bits per heavy atom. The van der Waals surface area contributed by atoms with E-state index in [-0.39, 0.29) is 10.6 Å². The van der Waals surface area contributed by atoms with Crippen molar-refractivity contribution in [1.82, 2.24) is 0 Å². The molecule has 0 aromatic heterocycles. The van der Waals surface area contributed by atoms with Crippen LogP contribution in [-0.4, -0.2) is 42.3 Å². The van der Waals surface area contributed by atoms with Gasteiger partial charge < -0.3 is 14.2 Å². The summed E-state index contributed by atoms with van der Waals surface area (Å²) < 4.78 is 42.5. The Morgan fingerprint density at radius 3 is 2.11 bits per heavy atom. The number of benzene rings is 2. The van der Waals surface area contributed by atoms with Gasteiger partial charge in [-0.1, -0.05) is 19.1 Å². The van der Waals surface area contributed by atoms with Crippen LogP contribution in [-0.2, 0) is 26.0 Å². The number of ether oxygens (including phenoxy) is 3. The Morgan fingerprint density at radius 2 is 1.59 bits per heavy atom. The molecule has 8 heteroatoms. The van der Waals surface area contributed by atoms with Crippen LogP contribution in [0.15, 0.2) is 47.4 Å². The SMILES string of the molecule is CCc1ccc(N(CC(=O)OC)S(=O)(=O)c2ccc(OC)c(OC)c2)cc1. The fourth-order valence-corrected chi connectivity index (χ4v) is 3.92. The van der Waals surface area contributed by atoms with E-state index in [1.54, 1.807) is 12.1 Å². The van der Waals surface area contributed by atoms with E-state index < -0.39 is 22.5 Å². The van der Waals surface area contributed by atoms with Crippen LogP contribution in [0.5, 0.6) is 11.5 Å². The number of carbonyl (C=O) groups is 1. The molecule has 0 unspecified atom stereocenters. The van der Waals surface area contributed by atoms with Gasteiger partial charge in [0.15, 0.2) is 11.5 Å². The van der Waals surface area contributed by atoms with Crippen molar-refractivity contribution in [1.29, 1.82) is 0 Å². The lowest BCUT2D eigenvalue weighted by atomic mass is 10.1. The van der Waals surface area contributed by atoms with E-state index in [9.17, 15) is 13.2 Å². The van der Waals surface area contributed by atoms with E-state index >= 15 is 0 Å². The molecule has 0 N–H and O–H groups in total. The molecule has 2 aromatic rings. The van der Waals surface area contributed by atoms with Crippen LogP contribution >= 0.6 is 0 Å². The van der Waals surface area contributed by atoms with E-state index in [0.717, 1.165) is 16.3 Å². The highest BCUT2D eigenvalue weighted by Gasteiger charge is 2.28. The maximum Gasteiger partial charge on any atom is 0.326 e. The van der Waals surface area contributed by atoms with Crippen molar-refractivity contribution in [2.45, 2.75) is 18.2 Å². The monoisotopic (exact) mass is 393 g/mol. The summed E-state index contributed by atoms with van der Waals surface area (Å²) in [6.07, 6.45) is 0.819. The minimum atomic E-state index is -4.04. The van der Waals surface area contributed by atoms with Gasteiger partial charge in [-0.3, -0.25) is 9.10 Å². The van der Waals surface area contributed by atoms with Crippen LogP contribution in [0.25, 0.3) is 0 Å². The zero-order chi connectivity index (χ0) is 20.0. The Kier molecular flexibility index (Phi) is 6.68. The molecule has 0 radical (unpaired) electrons. The topological polar surface area (TPSA) is 82.1 Å². The Hall–Kier alpha value is -2.74. The van der Waals surface area contributed by atoms with Crippen molar-refractivity contribution in [3.63, 3.8) is 0 Å². The number of hydrogen-bond donors (Lipinski definition) is 0. The van der Waals surface area contributed by atoms with Gasteiger partial charge in [0.25, 0.3) is 10.0 Å². The predicted molar refractivity (Wildman–Crippen MR) is 102 cm³/mol. The maximum atomic E-state index is 13.2. The molecule has 146 valence electrons. The van der Waals surface area contributed by atoms with Crippen molar-refractivity contribution in [3.8, 4) is 11.5 Å². The number of anilines is 1. The number of aryl methyl sites for hydroxylation is 1. The third-order valence-electron chi connectivity index (χ3n) is 4.08. The number of carbonyl (C=O) groups excluding carboxylic acids is 1. The molecule has 0 saturated heterocycles. The summed E-state index contributed by atoms with van der Waals surface area (Å²) >= 11 is 0. The fraction of sp³-hybridized carbons (Fsp3) is 0.316. The van der Waals surface area contributed by atoms with Gasteiger partial charge in [-0.2, -0.15) is 0 Å². The lowest BCUT2D eigenvalue weighted by Crippen LogP contribution is -2.36. The summed E-state index contributed by atoms with van der Waals surface area (Å²) in [6.45, 7) is 1.56. The molecule has 2 rings (SSSR count). The van der Waals surface area contributed by atoms with Crippen LogP contribution in [0.4, 0.5) is 5.69 Å². The van der Waals surface area contributed by atoms with Gasteiger partial charge in [0.05, 0.1) is 31.9 Å². The Bertz CT molecular complexity index is 893. The molecule has 0 aliphatic rings. The first-order valence-electron chi connectivity index (χ1n) is 8.27. The van der Waals surface area contributed by atoms with E-state index in [0.29, 0.717) is 11.4 Å². The highest BCUT2D eigenvalue weighted by molar-refractivity contribution is 7.92. The van der Waals surface area contributed by atoms with Crippen LogP contribution in [0.3, 0.4) is 0 Å². The summed E-state index contributed by atoms with van der Waals surface area (Å²) in [5, 5.41) is 0. The molecule has 0 saturated carbocycles. The Labute approximate surface area is 159 Å². The standard InChI is InChI=1S/C19H23NO6S/c1-5-14-6-8-15(9-7-14)20(13-19(21)26-4)27(22,23)16-10-11-17(24-2)18(12-16)25-3/h6-12H,5,13H2,1-4H3. The summed E-state index contributed by atoms with van der Waals surface area (Å²) in [6, 6.07) is 11.2. The third kappa shape index (κ3) is 4.51. The molecule has 2 aromatic carbocycles. The molecule has 27 heavy (non-hydrogen) atoms. The highest BCUT2D eigenvalue weighted by atomic mass is 32.2. The van der Waals surface area contributed by atoms with Crippen LogP contribution in [0, 0.1) is 0 Å². The minimum absolute atomic E-state index is 0.0244. The van der Waals surface area contributed by atoms with Crippen LogP contribution in [0.1, 0.15) is 12.5 Å². The zero-order valence-corrected chi connectivity index (χ0v) is 16.6. The van der Waals surface area contributed by atoms with E-state index in [4.69, 9.17) is 9.47 Å². The van der Waals surface area contributed by atoms with Crippen LogP contribution in [0.2, 0.25) is 0 Å². The highest BCUT2D eigenvalue weighted by Crippen LogP contribution is 2.32. The molecule has 0 atom stereocenters. The summed E-state index contributed by atoms with van der Waals surface area (Å²) in [5.41, 5.74) is 1.42. The average Bonchev–Trinajstić information content (AvgIpc) is 2.71. The molecule has 0 bridgehead atoms. The summed E-state index contributed by atoms with van der Waals surface area (Å²) in [7, 11) is 0.0563. The smallest absolute Gasteiger partial charge is 0.326 e. The van der Waals surface area contributed by atoms with Gasteiger partial charge >= 0.3 is 5.97 Å². The first-order chi connectivity index (χ1) is 12.9. The molecule has 0 aliphatic carbocycles. The van der Waals surface area contributed by atoms with E-state index in [2.05, 4.69) is 4.74 Å². The van der Waals surface area contributed by atoms with Crippen molar-refractivity contribution < 1.29 is 27.4 Å². The summed E-state index contributed by atoms with van der Waals surface area (Å²) in [4.78, 5) is 11.8. The Balaban J connectivity index is 2.53.